The van der Waals surface area contributed by atoms with E-state index >= 15 is 0 Å². The fraction of sp³-hybridized carbons (Fsp3) is 0.879. The molecule has 0 aliphatic heterocycles. The Balaban J connectivity index is 3.41. The Bertz CT molecular complexity index is 943. The average Bonchev–Trinajstić information content (AvgIpc) is 3.28. The van der Waals surface area contributed by atoms with Gasteiger partial charge in [-0.15, -0.1) is 0 Å². The first-order valence-corrected chi connectivity index (χ1v) is 28.2. The van der Waals surface area contributed by atoms with E-state index in [1.807, 2.05) is 6.08 Å². The molecule has 0 fully saturated rings. The molecule has 0 saturated carbocycles. The molecule has 4 nitrogen and oxygen atoms in total. The zero-order chi connectivity index (χ0) is 44.9. The van der Waals surface area contributed by atoms with Crippen molar-refractivity contribution in [2.24, 2.45) is 0 Å². The first-order valence-electron chi connectivity index (χ1n) is 28.2. The number of rotatable bonds is 52. The van der Waals surface area contributed by atoms with E-state index in [0.717, 1.165) is 38.5 Å². The monoisotopic (exact) mass is 870 g/mol. The lowest BCUT2D eigenvalue weighted by molar-refractivity contribution is -0.123. The molecular weight excluding hydrogens is 759 g/mol. The molecule has 0 aromatic heterocycles. The van der Waals surface area contributed by atoms with Crippen LogP contribution in [0.25, 0.3) is 0 Å². The molecule has 0 aromatic carbocycles. The van der Waals surface area contributed by atoms with Gasteiger partial charge in [0.25, 0.3) is 0 Å². The average molecular weight is 871 g/mol. The second-order valence-corrected chi connectivity index (χ2v) is 19.3. The smallest absolute Gasteiger partial charge is 0.220 e. The summed E-state index contributed by atoms with van der Waals surface area (Å²) in [6.07, 6.45) is 73.3. The first kappa shape index (κ1) is 60.6. The van der Waals surface area contributed by atoms with Gasteiger partial charge in [-0.2, -0.15) is 0 Å². The van der Waals surface area contributed by atoms with Crippen molar-refractivity contribution >= 4 is 5.91 Å². The molecule has 0 aliphatic rings. The van der Waals surface area contributed by atoms with Gasteiger partial charge < -0.3 is 15.5 Å². The predicted octanol–water partition coefficient (Wildman–Crippen LogP) is 18.5. The Kier molecular flexibility index (Phi) is 52.7. The second-order valence-electron chi connectivity index (χ2n) is 19.3. The van der Waals surface area contributed by atoms with Gasteiger partial charge in [-0.05, 0) is 44.9 Å². The molecule has 0 bridgehead atoms. The lowest BCUT2D eigenvalue weighted by atomic mass is 10.0. The summed E-state index contributed by atoms with van der Waals surface area (Å²) in [4.78, 5) is 12.4. The van der Waals surface area contributed by atoms with Crippen LogP contribution in [0.5, 0.6) is 0 Å². The Morgan fingerprint density at radius 1 is 0.371 bits per heavy atom. The number of nitrogens with one attached hydrogen (secondary N) is 1. The highest BCUT2D eigenvalue weighted by Gasteiger charge is 2.18. The van der Waals surface area contributed by atoms with Gasteiger partial charge in [-0.3, -0.25) is 4.79 Å². The fourth-order valence-corrected chi connectivity index (χ4v) is 8.80. The summed E-state index contributed by atoms with van der Waals surface area (Å²) in [7, 11) is 0. The molecule has 2 atom stereocenters. The summed E-state index contributed by atoms with van der Waals surface area (Å²) in [5.74, 6) is -0.0731. The number of amides is 1. The molecule has 1 amide bonds. The molecule has 0 saturated heterocycles. The van der Waals surface area contributed by atoms with E-state index < -0.39 is 12.1 Å². The Morgan fingerprint density at radius 2 is 0.629 bits per heavy atom. The van der Waals surface area contributed by atoms with Gasteiger partial charge in [0.1, 0.15) is 0 Å². The van der Waals surface area contributed by atoms with Crippen LogP contribution in [0.1, 0.15) is 309 Å². The summed E-state index contributed by atoms with van der Waals surface area (Å²) >= 11 is 0. The molecule has 0 rings (SSSR count). The van der Waals surface area contributed by atoms with Gasteiger partial charge in [0.05, 0.1) is 18.8 Å². The molecule has 0 aromatic rings. The second kappa shape index (κ2) is 53.9. The van der Waals surface area contributed by atoms with E-state index in [2.05, 4.69) is 43.5 Å². The summed E-state index contributed by atoms with van der Waals surface area (Å²) in [5, 5.41) is 23.1. The summed E-state index contributed by atoms with van der Waals surface area (Å²) in [6.45, 7) is 4.30. The van der Waals surface area contributed by atoms with Crippen molar-refractivity contribution in [3.8, 4) is 0 Å². The zero-order valence-corrected chi connectivity index (χ0v) is 42.2. The van der Waals surface area contributed by atoms with Crippen LogP contribution >= 0.6 is 0 Å². The normalized spacial score (nSPS) is 13.0. The highest BCUT2D eigenvalue weighted by Crippen LogP contribution is 2.18. The van der Waals surface area contributed by atoms with Gasteiger partial charge >= 0.3 is 0 Å². The van der Waals surface area contributed by atoms with Gasteiger partial charge in [-0.25, -0.2) is 0 Å². The van der Waals surface area contributed by atoms with Crippen molar-refractivity contribution in [2.75, 3.05) is 6.61 Å². The Labute approximate surface area is 389 Å². The number of aliphatic hydroxyl groups excluding tert-OH is 2. The number of aliphatic hydroxyl groups is 2. The van der Waals surface area contributed by atoms with Crippen molar-refractivity contribution < 1.29 is 15.0 Å². The Hall–Kier alpha value is -1.39. The molecule has 62 heavy (non-hydrogen) atoms. The van der Waals surface area contributed by atoms with Crippen molar-refractivity contribution in [1.82, 2.24) is 5.32 Å². The van der Waals surface area contributed by atoms with Crippen LogP contribution in [0.2, 0.25) is 0 Å². The topological polar surface area (TPSA) is 69.6 Å². The minimum absolute atomic E-state index is 0.0731. The van der Waals surface area contributed by atoms with E-state index in [1.165, 1.54) is 250 Å². The maximum absolute atomic E-state index is 12.4. The van der Waals surface area contributed by atoms with Crippen LogP contribution in [0.4, 0.5) is 0 Å². The van der Waals surface area contributed by atoms with Crippen LogP contribution in [0.15, 0.2) is 36.5 Å². The molecular formula is C58H111NO3. The van der Waals surface area contributed by atoms with Crippen molar-refractivity contribution in [3.05, 3.63) is 36.5 Å². The molecule has 0 spiro atoms. The summed E-state index contributed by atoms with van der Waals surface area (Å²) < 4.78 is 0. The molecule has 3 N–H and O–H groups in total. The zero-order valence-electron chi connectivity index (χ0n) is 42.2. The van der Waals surface area contributed by atoms with E-state index in [-0.39, 0.29) is 12.5 Å². The van der Waals surface area contributed by atoms with Crippen LogP contribution in [0, 0.1) is 0 Å². The van der Waals surface area contributed by atoms with Crippen LogP contribution in [-0.2, 0) is 4.79 Å². The molecule has 366 valence electrons. The third-order valence-corrected chi connectivity index (χ3v) is 13.1. The van der Waals surface area contributed by atoms with Crippen molar-refractivity contribution in [2.45, 2.75) is 321 Å². The van der Waals surface area contributed by atoms with Gasteiger partial charge in [0.15, 0.2) is 0 Å². The van der Waals surface area contributed by atoms with E-state index in [0.29, 0.717) is 6.42 Å². The van der Waals surface area contributed by atoms with Gasteiger partial charge in [0, 0.05) is 6.42 Å². The minimum Gasteiger partial charge on any atom is -0.394 e. The minimum atomic E-state index is -0.868. The number of unbranched alkanes of at least 4 members (excludes halogenated alkanes) is 41. The maximum Gasteiger partial charge on any atom is 0.220 e. The van der Waals surface area contributed by atoms with Crippen molar-refractivity contribution in [3.63, 3.8) is 0 Å². The lowest BCUT2D eigenvalue weighted by Gasteiger charge is -2.19. The fourth-order valence-electron chi connectivity index (χ4n) is 8.80. The highest BCUT2D eigenvalue weighted by atomic mass is 16.3. The first-order chi connectivity index (χ1) is 30.7. The number of carbonyl (C=O) groups is 1. The lowest BCUT2D eigenvalue weighted by Crippen LogP contribution is -2.45. The molecule has 2 unspecified atom stereocenters. The number of carbonyl (C=O) groups excluding carboxylic acids is 1. The Morgan fingerprint density at radius 3 is 0.935 bits per heavy atom. The number of allylic oxidation sites excluding steroid dienone is 5. The summed E-state index contributed by atoms with van der Waals surface area (Å²) in [6, 6.07) is -0.643. The van der Waals surface area contributed by atoms with E-state index in [1.54, 1.807) is 6.08 Å². The van der Waals surface area contributed by atoms with E-state index in [4.69, 9.17) is 0 Å². The third kappa shape index (κ3) is 49.6. The van der Waals surface area contributed by atoms with Crippen LogP contribution in [0.3, 0.4) is 0 Å². The van der Waals surface area contributed by atoms with Crippen LogP contribution in [-0.4, -0.2) is 34.9 Å². The number of hydrogen-bond donors (Lipinski definition) is 3. The van der Waals surface area contributed by atoms with Gasteiger partial charge in [-0.1, -0.05) is 294 Å². The van der Waals surface area contributed by atoms with Gasteiger partial charge in [0.2, 0.25) is 5.91 Å². The SMILES string of the molecule is CCCCCCC/C=C/CC/C=C/CC/C=C/C(O)C(CO)NC(=O)CCCCCCCCCCCCCCCCCCCCCCCCCCCCCCCCCCCCC. The summed E-state index contributed by atoms with van der Waals surface area (Å²) in [5.41, 5.74) is 0. The number of hydrogen-bond acceptors (Lipinski definition) is 3. The largest absolute Gasteiger partial charge is 0.394 e. The van der Waals surface area contributed by atoms with Crippen LogP contribution < -0.4 is 5.32 Å². The molecule has 0 heterocycles. The highest BCUT2D eigenvalue weighted by molar-refractivity contribution is 5.76. The standard InChI is InChI=1S/C58H111NO3/c1-3-5-7-9-11-13-15-17-19-20-21-22-23-24-25-26-27-28-29-30-31-32-33-34-35-36-37-38-40-42-44-46-48-50-52-54-58(62)59-56(55-60)57(61)53-51-49-47-45-43-41-39-18-16-14-12-10-8-6-4-2/h16,18,43,45,51,53,56-57,60-61H,3-15,17,19-42,44,46-50,52,54-55H2,1-2H3,(H,59,62)/b18-16+,45-43+,53-51+. The maximum atomic E-state index is 12.4. The molecule has 0 radical (unpaired) electrons. The molecule has 4 heteroatoms. The van der Waals surface area contributed by atoms with Crippen molar-refractivity contribution in [1.29, 1.82) is 0 Å². The quantitative estimate of drug-likeness (QED) is 0.0421. The molecule has 0 aliphatic carbocycles. The van der Waals surface area contributed by atoms with E-state index in [9.17, 15) is 15.0 Å². The predicted molar refractivity (Wildman–Crippen MR) is 276 cm³/mol. The third-order valence-electron chi connectivity index (χ3n) is 13.1.